The van der Waals surface area contributed by atoms with E-state index in [1.54, 1.807) is 43.5 Å². The van der Waals surface area contributed by atoms with Gasteiger partial charge >= 0.3 is 5.97 Å². The second kappa shape index (κ2) is 8.28. The summed E-state index contributed by atoms with van der Waals surface area (Å²) in [6.45, 7) is 3.23. The van der Waals surface area contributed by atoms with Crippen molar-refractivity contribution in [3.8, 4) is 10.7 Å². The summed E-state index contributed by atoms with van der Waals surface area (Å²) in [5.41, 5.74) is 1.74. The number of hydrogen-bond donors (Lipinski definition) is 1. The number of rotatable bonds is 5. The molecule has 0 fully saturated rings. The predicted octanol–water partition coefficient (Wildman–Crippen LogP) is 4.35. The van der Waals surface area contributed by atoms with Gasteiger partial charge < -0.3 is 10.1 Å². The number of aryl methyl sites for hydroxylation is 1. The van der Waals surface area contributed by atoms with E-state index in [1.807, 2.05) is 12.1 Å². The number of nitrogens with one attached hydrogen (secondary N) is 1. The zero-order valence-corrected chi connectivity index (χ0v) is 16.2. The van der Waals surface area contributed by atoms with Crippen molar-refractivity contribution < 1.29 is 14.3 Å². The van der Waals surface area contributed by atoms with E-state index in [1.165, 1.54) is 18.3 Å². The molecule has 1 N–H and O–H groups in total. The van der Waals surface area contributed by atoms with Gasteiger partial charge in [0.1, 0.15) is 9.88 Å². The molecule has 3 aromatic rings. The van der Waals surface area contributed by atoms with Gasteiger partial charge in [-0.05, 0) is 44.2 Å². The average Bonchev–Trinajstić information content (AvgIpc) is 3.04. The van der Waals surface area contributed by atoms with Crippen LogP contribution in [-0.4, -0.2) is 27.9 Å². The van der Waals surface area contributed by atoms with Gasteiger partial charge in [-0.2, -0.15) is 0 Å². The maximum absolute atomic E-state index is 12.5. The number of pyridine rings is 1. The minimum Gasteiger partial charge on any atom is -0.448 e. The molecule has 1 atom stereocenters. The molecule has 2 heterocycles. The molecule has 0 saturated carbocycles. The van der Waals surface area contributed by atoms with Gasteiger partial charge in [0.05, 0.1) is 11.4 Å². The number of hydrogen-bond acceptors (Lipinski definition) is 6. The van der Waals surface area contributed by atoms with E-state index in [2.05, 4.69) is 15.3 Å². The standard InChI is InChI=1S/C19H16ClN3O3S/c1-11-16(27-18(22-11)15-8-3-4-9-21-15)19(25)26-12(2)17(24)23-14-7-5-6-13(20)10-14/h3-10,12H,1-2H3,(H,23,24)/t12-/m1/s1. The van der Waals surface area contributed by atoms with E-state index in [-0.39, 0.29) is 0 Å². The molecule has 8 heteroatoms. The molecule has 1 aromatic carbocycles. The highest BCUT2D eigenvalue weighted by Crippen LogP contribution is 2.27. The van der Waals surface area contributed by atoms with Crippen LogP contribution < -0.4 is 5.32 Å². The molecule has 0 spiro atoms. The third-order valence-electron chi connectivity index (χ3n) is 3.61. The fourth-order valence-corrected chi connectivity index (χ4v) is 3.38. The van der Waals surface area contributed by atoms with E-state index in [0.29, 0.717) is 32.0 Å². The van der Waals surface area contributed by atoms with Gasteiger partial charge in [0.25, 0.3) is 5.91 Å². The highest BCUT2D eigenvalue weighted by Gasteiger charge is 2.23. The van der Waals surface area contributed by atoms with Gasteiger partial charge in [0.2, 0.25) is 0 Å². The van der Waals surface area contributed by atoms with Crippen molar-refractivity contribution in [1.82, 2.24) is 9.97 Å². The first-order chi connectivity index (χ1) is 12.9. The van der Waals surface area contributed by atoms with Gasteiger partial charge in [-0.3, -0.25) is 9.78 Å². The van der Waals surface area contributed by atoms with Crippen LogP contribution in [0.5, 0.6) is 0 Å². The van der Waals surface area contributed by atoms with Crippen LogP contribution in [0.4, 0.5) is 5.69 Å². The number of benzene rings is 1. The molecule has 0 saturated heterocycles. The van der Waals surface area contributed by atoms with Crippen LogP contribution in [-0.2, 0) is 9.53 Å². The smallest absolute Gasteiger partial charge is 0.351 e. The van der Waals surface area contributed by atoms with E-state index in [9.17, 15) is 9.59 Å². The molecule has 138 valence electrons. The number of halogens is 1. The van der Waals surface area contributed by atoms with Crippen LogP contribution in [0.25, 0.3) is 10.7 Å². The Labute approximate surface area is 165 Å². The quantitative estimate of drug-likeness (QED) is 0.643. The lowest BCUT2D eigenvalue weighted by Gasteiger charge is -2.13. The number of aromatic nitrogens is 2. The topological polar surface area (TPSA) is 81.2 Å². The van der Waals surface area contributed by atoms with E-state index in [4.69, 9.17) is 16.3 Å². The van der Waals surface area contributed by atoms with Crippen LogP contribution in [0.15, 0.2) is 48.7 Å². The molecule has 0 aliphatic heterocycles. The van der Waals surface area contributed by atoms with E-state index >= 15 is 0 Å². The summed E-state index contributed by atoms with van der Waals surface area (Å²) in [5.74, 6) is -1.04. The predicted molar refractivity (Wildman–Crippen MR) is 105 cm³/mol. The van der Waals surface area contributed by atoms with Crippen molar-refractivity contribution in [3.63, 3.8) is 0 Å². The lowest BCUT2D eigenvalue weighted by Crippen LogP contribution is -2.29. The zero-order chi connectivity index (χ0) is 19.4. The summed E-state index contributed by atoms with van der Waals surface area (Å²) in [7, 11) is 0. The molecular weight excluding hydrogens is 386 g/mol. The van der Waals surface area contributed by atoms with Crippen LogP contribution in [0.3, 0.4) is 0 Å². The van der Waals surface area contributed by atoms with Gasteiger partial charge in [0.15, 0.2) is 6.10 Å². The lowest BCUT2D eigenvalue weighted by atomic mass is 10.3. The van der Waals surface area contributed by atoms with Crippen LogP contribution >= 0.6 is 22.9 Å². The molecule has 0 unspecified atom stereocenters. The van der Waals surface area contributed by atoms with E-state index in [0.717, 1.165) is 0 Å². The summed E-state index contributed by atoms with van der Waals surface area (Å²) < 4.78 is 5.30. The number of anilines is 1. The van der Waals surface area contributed by atoms with Gasteiger partial charge in [0, 0.05) is 16.9 Å². The Bertz CT molecular complexity index is 975. The third-order valence-corrected chi connectivity index (χ3v) is 5.01. The fourth-order valence-electron chi connectivity index (χ4n) is 2.26. The molecular formula is C19H16ClN3O3S. The number of carbonyl (C=O) groups excluding carboxylic acids is 2. The maximum Gasteiger partial charge on any atom is 0.351 e. The number of amides is 1. The zero-order valence-electron chi connectivity index (χ0n) is 14.6. The molecule has 27 heavy (non-hydrogen) atoms. The number of carbonyl (C=O) groups is 2. The Morgan fingerprint density at radius 1 is 1.22 bits per heavy atom. The number of esters is 1. The molecule has 2 aromatic heterocycles. The molecule has 0 bridgehead atoms. The second-order valence-electron chi connectivity index (χ2n) is 5.70. The number of ether oxygens (including phenoxy) is 1. The van der Waals surface area contributed by atoms with Crippen molar-refractivity contribution in [2.24, 2.45) is 0 Å². The fraction of sp³-hybridized carbons (Fsp3) is 0.158. The van der Waals surface area contributed by atoms with Crippen molar-refractivity contribution in [3.05, 3.63) is 64.3 Å². The average molecular weight is 402 g/mol. The van der Waals surface area contributed by atoms with Crippen LogP contribution in [0.1, 0.15) is 22.3 Å². The highest BCUT2D eigenvalue weighted by atomic mass is 35.5. The van der Waals surface area contributed by atoms with E-state index < -0.39 is 18.0 Å². The Hall–Kier alpha value is -2.77. The SMILES string of the molecule is Cc1nc(-c2ccccn2)sc1C(=O)O[C@H](C)C(=O)Nc1cccc(Cl)c1. The molecule has 6 nitrogen and oxygen atoms in total. The Kier molecular flexibility index (Phi) is 5.83. The van der Waals surface area contributed by atoms with Crippen LogP contribution in [0, 0.1) is 6.92 Å². The summed E-state index contributed by atoms with van der Waals surface area (Å²) in [6, 6.07) is 12.2. The first-order valence-electron chi connectivity index (χ1n) is 8.10. The summed E-state index contributed by atoms with van der Waals surface area (Å²) in [4.78, 5) is 33.7. The van der Waals surface area contributed by atoms with Crippen LogP contribution in [0.2, 0.25) is 5.02 Å². The number of thiazole rings is 1. The van der Waals surface area contributed by atoms with Crippen molar-refractivity contribution >= 4 is 40.5 Å². The summed E-state index contributed by atoms with van der Waals surface area (Å²) >= 11 is 7.08. The monoisotopic (exact) mass is 401 g/mol. The number of nitrogens with zero attached hydrogens (tertiary/aromatic N) is 2. The first-order valence-corrected chi connectivity index (χ1v) is 9.29. The largest absolute Gasteiger partial charge is 0.448 e. The lowest BCUT2D eigenvalue weighted by molar-refractivity contribution is -0.123. The molecule has 0 aliphatic rings. The minimum absolute atomic E-state index is 0.345. The van der Waals surface area contributed by atoms with Crippen molar-refractivity contribution in [2.45, 2.75) is 20.0 Å². The molecule has 0 aliphatic carbocycles. The third kappa shape index (κ3) is 4.69. The Morgan fingerprint density at radius 3 is 2.74 bits per heavy atom. The van der Waals surface area contributed by atoms with Gasteiger partial charge in [-0.15, -0.1) is 11.3 Å². The highest BCUT2D eigenvalue weighted by molar-refractivity contribution is 7.17. The Balaban J connectivity index is 1.68. The summed E-state index contributed by atoms with van der Waals surface area (Å²) in [6.07, 6.45) is 0.683. The minimum atomic E-state index is -0.976. The molecule has 1 amide bonds. The van der Waals surface area contributed by atoms with Crippen molar-refractivity contribution in [1.29, 1.82) is 0 Å². The maximum atomic E-state index is 12.5. The van der Waals surface area contributed by atoms with Gasteiger partial charge in [-0.1, -0.05) is 23.7 Å². The molecule has 0 radical (unpaired) electrons. The van der Waals surface area contributed by atoms with Gasteiger partial charge in [-0.25, -0.2) is 9.78 Å². The first kappa shape index (κ1) is 19.0. The normalized spacial score (nSPS) is 11.7. The molecule has 3 rings (SSSR count). The second-order valence-corrected chi connectivity index (χ2v) is 7.13. The Morgan fingerprint density at radius 2 is 2.04 bits per heavy atom. The summed E-state index contributed by atoms with van der Waals surface area (Å²) in [5, 5.41) is 3.78. The van der Waals surface area contributed by atoms with Crippen molar-refractivity contribution in [2.75, 3.05) is 5.32 Å².